The maximum Gasteiger partial charge on any atom is 0.119 e. The average molecular weight is 273 g/mol. The molecule has 1 N–H and O–H groups in total. The first-order chi connectivity index (χ1) is 9.74. The fraction of sp³-hybridized carbons (Fsp3) is 0.438. The highest BCUT2D eigenvalue weighted by Gasteiger charge is 2.15. The quantitative estimate of drug-likeness (QED) is 0.843. The molecule has 2 rings (SSSR count). The Hall–Kier alpha value is -1.81. The number of rotatable bonds is 7. The second-order valence-corrected chi connectivity index (χ2v) is 4.87. The number of benzene rings is 1. The van der Waals surface area contributed by atoms with E-state index in [1.807, 2.05) is 30.1 Å². The van der Waals surface area contributed by atoms with Crippen molar-refractivity contribution in [1.29, 1.82) is 0 Å². The molecule has 0 saturated heterocycles. The average Bonchev–Trinajstić information content (AvgIpc) is 2.89. The van der Waals surface area contributed by atoms with Crippen molar-refractivity contribution in [2.75, 3.05) is 13.2 Å². The molecule has 0 aliphatic heterocycles. The Labute approximate surface area is 120 Å². The Morgan fingerprint density at radius 1 is 1.25 bits per heavy atom. The highest BCUT2D eigenvalue weighted by Crippen LogP contribution is 2.23. The van der Waals surface area contributed by atoms with Gasteiger partial charge in [0.05, 0.1) is 24.7 Å². The Bertz CT molecular complexity index is 519. The normalized spacial score (nSPS) is 12.3. The van der Waals surface area contributed by atoms with Gasteiger partial charge in [-0.05, 0) is 30.7 Å². The molecule has 0 saturated carbocycles. The lowest BCUT2D eigenvalue weighted by molar-refractivity contribution is 0.317. The predicted octanol–water partition coefficient (Wildman–Crippen LogP) is 2.91. The first kappa shape index (κ1) is 14.6. The van der Waals surface area contributed by atoms with Gasteiger partial charge in [-0.2, -0.15) is 0 Å². The van der Waals surface area contributed by atoms with Gasteiger partial charge in [-0.25, -0.2) is 4.98 Å². The van der Waals surface area contributed by atoms with E-state index in [9.17, 15) is 0 Å². The zero-order valence-corrected chi connectivity index (χ0v) is 12.5. The standard InChI is InChI=1S/C16H23N3O/c1-4-10-20-14-8-6-13(7-9-14)16(17-5-2)15-11-19(3)12-18-15/h6-9,11-12,16-17H,4-5,10H2,1-3H3. The van der Waals surface area contributed by atoms with Crippen LogP contribution in [0.1, 0.15) is 37.6 Å². The van der Waals surface area contributed by atoms with Crippen LogP contribution in [-0.2, 0) is 7.05 Å². The van der Waals surface area contributed by atoms with Crippen molar-refractivity contribution in [1.82, 2.24) is 14.9 Å². The summed E-state index contributed by atoms with van der Waals surface area (Å²) in [5.41, 5.74) is 2.24. The summed E-state index contributed by atoms with van der Waals surface area (Å²) in [6, 6.07) is 8.39. The number of imidazole rings is 1. The molecule has 1 atom stereocenters. The summed E-state index contributed by atoms with van der Waals surface area (Å²) >= 11 is 0. The second-order valence-electron chi connectivity index (χ2n) is 4.87. The number of aryl methyl sites for hydroxylation is 1. The van der Waals surface area contributed by atoms with Gasteiger partial charge in [0.2, 0.25) is 0 Å². The summed E-state index contributed by atoms with van der Waals surface area (Å²) in [4.78, 5) is 4.45. The van der Waals surface area contributed by atoms with E-state index < -0.39 is 0 Å². The summed E-state index contributed by atoms with van der Waals surface area (Å²) in [6.45, 7) is 5.87. The molecule has 1 aromatic heterocycles. The zero-order valence-electron chi connectivity index (χ0n) is 12.5. The fourth-order valence-corrected chi connectivity index (χ4v) is 2.16. The molecule has 1 aromatic carbocycles. The van der Waals surface area contributed by atoms with Crippen LogP contribution in [0.25, 0.3) is 0 Å². The van der Waals surface area contributed by atoms with Gasteiger partial charge in [0.1, 0.15) is 5.75 Å². The first-order valence-corrected chi connectivity index (χ1v) is 7.18. The molecule has 0 amide bonds. The minimum atomic E-state index is 0.126. The SMILES string of the molecule is CCCOc1ccc(C(NCC)c2cn(C)cn2)cc1. The molecule has 108 valence electrons. The minimum Gasteiger partial charge on any atom is -0.494 e. The highest BCUT2D eigenvalue weighted by atomic mass is 16.5. The van der Waals surface area contributed by atoms with Crippen molar-refractivity contribution in [2.24, 2.45) is 7.05 Å². The van der Waals surface area contributed by atoms with Gasteiger partial charge >= 0.3 is 0 Å². The van der Waals surface area contributed by atoms with E-state index in [2.05, 4.69) is 42.5 Å². The molecule has 1 heterocycles. The third-order valence-electron chi connectivity index (χ3n) is 3.12. The lowest BCUT2D eigenvalue weighted by atomic mass is 10.0. The molecule has 0 fully saturated rings. The van der Waals surface area contributed by atoms with E-state index in [4.69, 9.17) is 4.74 Å². The summed E-state index contributed by atoms with van der Waals surface area (Å²) in [5, 5.41) is 3.47. The summed E-state index contributed by atoms with van der Waals surface area (Å²) in [5.74, 6) is 0.923. The van der Waals surface area contributed by atoms with Crippen molar-refractivity contribution in [2.45, 2.75) is 26.3 Å². The summed E-state index contributed by atoms with van der Waals surface area (Å²) in [6.07, 6.45) is 4.91. The smallest absolute Gasteiger partial charge is 0.119 e. The van der Waals surface area contributed by atoms with Gasteiger partial charge in [-0.3, -0.25) is 0 Å². The maximum atomic E-state index is 5.62. The molecule has 20 heavy (non-hydrogen) atoms. The van der Waals surface area contributed by atoms with Crippen molar-refractivity contribution < 1.29 is 4.74 Å². The van der Waals surface area contributed by atoms with Crippen molar-refractivity contribution in [3.8, 4) is 5.75 Å². The minimum absolute atomic E-state index is 0.126. The van der Waals surface area contributed by atoms with E-state index in [1.165, 1.54) is 5.56 Å². The van der Waals surface area contributed by atoms with Crippen LogP contribution in [0.2, 0.25) is 0 Å². The number of hydrogen-bond donors (Lipinski definition) is 1. The molecule has 4 nitrogen and oxygen atoms in total. The van der Waals surface area contributed by atoms with Crippen LogP contribution in [0.15, 0.2) is 36.8 Å². The molecule has 0 bridgehead atoms. The Morgan fingerprint density at radius 3 is 2.55 bits per heavy atom. The van der Waals surface area contributed by atoms with E-state index in [-0.39, 0.29) is 6.04 Å². The number of nitrogens with zero attached hydrogens (tertiary/aromatic N) is 2. The molecule has 0 aliphatic carbocycles. The van der Waals surface area contributed by atoms with Gasteiger partial charge in [-0.15, -0.1) is 0 Å². The number of hydrogen-bond acceptors (Lipinski definition) is 3. The molecule has 0 spiro atoms. The largest absolute Gasteiger partial charge is 0.494 e. The van der Waals surface area contributed by atoms with Gasteiger partial charge in [0.15, 0.2) is 0 Å². The van der Waals surface area contributed by atoms with Crippen LogP contribution in [-0.4, -0.2) is 22.7 Å². The van der Waals surface area contributed by atoms with Crippen molar-refractivity contribution in [3.63, 3.8) is 0 Å². The third kappa shape index (κ3) is 3.61. The Kier molecular flexibility index (Phi) is 5.18. The number of ether oxygens (including phenoxy) is 1. The highest BCUT2D eigenvalue weighted by molar-refractivity contribution is 5.32. The molecular formula is C16H23N3O. The van der Waals surface area contributed by atoms with E-state index in [1.54, 1.807) is 0 Å². The van der Waals surface area contributed by atoms with E-state index in [0.717, 1.165) is 31.0 Å². The van der Waals surface area contributed by atoms with Crippen molar-refractivity contribution >= 4 is 0 Å². The van der Waals surface area contributed by atoms with E-state index >= 15 is 0 Å². The number of nitrogens with one attached hydrogen (secondary N) is 1. The first-order valence-electron chi connectivity index (χ1n) is 7.18. The summed E-state index contributed by atoms with van der Waals surface area (Å²) in [7, 11) is 1.99. The van der Waals surface area contributed by atoms with Crippen LogP contribution in [0.3, 0.4) is 0 Å². The zero-order chi connectivity index (χ0) is 14.4. The van der Waals surface area contributed by atoms with Crippen LogP contribution in [0.4, 0.5) is 0 Å². The van der Waals surface area contributed by atoms with Crippen LogP contribution >= 0.6 is 0 Å². The topological polar surface area (TPSA) is 39.1 Å². The summed E-state index contributed by atoms with van der Waals surface area (Å²) < 4.78 is 7.59. The molecule has 1 unspecified atom stereocenters. The van der Waals surface area contributed by atoms with Gasteiger partial charge in [0, 0.05) is 13.2 Å². The second kappa shape index (κ2) is 7.10. The molecule has 0 radical (unpaired) electrons. The fourth-order valence-electron chi connectivity index (χ4n) is 2.16. The monoisotopic (exact) mass is 273 g/mol. The molecular weight excluding hydrogens is 250 g/mol. The van der Waals surface area contributed by atoms with E-state index in [0.29, 0.717) is 0 Å². The van der Waals surface area contributed by atoms with Crippen LogP contribution < -0.4 is 10.1 Å². The van der Waals surface area contributed by atoms with Gasteiger partial charge in [-0.1, -0.05) is 26.0 Å². The van der Waals surface area contributed by atoms with Gasteiger partial charge < -0.3 is 14.6 Å². The number of aromatic nitrogens is 2. The molecule has 2 aromatic rings. The predicted molar refractivity (Wildman–Crippen MR) is 81.0 cm³/mol. The van der Waals surface area contributed by atoms with Crippen molar-refractivity contribution in [3.05, 3.63) is 48.0 Å². The third-order valence-corrected chi connectivity index (χ3v) is 3.12. The Balaban J connectivity index is 2.17. The lowest BCUT2D eigenvalue weighted by Gasteiger charge is -2.16. The lowest BCUT2D eigenvalue weighted by Crippen LogP contribution is -2.22. The Morgan fingerprint density at radius 2 is 2.00 bits per heavy atom. The maximum absolute atomic E-state index is 5.62. The molecule has 0 aliphatic rings. The van der Waals surface area contributed by atoms with Crippen LogP contribution in [0, 0.1) is 0 Å². The molecule has 4 heteroatoms. The van der Waals surface area contributed by atoms with Gasteiger partial charge in [0.25, 0.3) is 0 Å². The van der Waals surface area contributed by atoms with Crippen LogP contribution in [0.5, 0.6) is 5.75 Å².